The summed E-state index contributed by atoms with van der Waals surface area (Å²) in [7, 11) is 0. The minimum absolute atomic E-state index is 0.0136. The summed E-state index contributed by atoms with van der Waals surface area (Å²) < 4.78 is 6.26. The third-order valence-electron chi connectivity index (χ3n) is 3.52. The van der Waals surface area contributed by atoms with Crippen LogP contribution in [0.15, 0.2) is 39.2 Å². The zero-order valence-electron chi connectivity index (χ0n) is 13.2. The van der Waals surface area contributed by atoms with Crippen molar-refractivity contribution in [2.75, 3.05) is 0 Å². The van der Waals surface area contributed by atoms with Crippen LogP contribution in [0.2, 0.25) is 0 Å². The van der Waals surface area contributed by atoms with Gasteiger partial charge in [0.05, 0.1) is 11.5 Å². The maximum atomic E-state index is 11.2. The summed E-state index contributed by atoms with van der Waals surface area (Å²) >= 11 is 3.30. The molecule has 0 fully saturated rings. The Hall–Kier alpha value is -2.19. The molecule has 0 aliphatic carbocycles. The van der Waals surface area contributed by atoms with E-state index in [2.05, 4.69) is 21.2 Å². The van der Waals surface area contributed by atoms with Crippen molar-refractivity contribution in [1.29, 1.82) is 0 Å². The van der Waals surface area contributed by atoms with Gasteiger partial charge in [-0.1, -0.05) is 13.8 Å². The second-order valence-electron chi connectivity index (χ2n) is 5.63. The molecule has 128 valence electrons. The Bertz CT molecular complexity index is 757. The van der Waals surface area contributed by atoms with Gasteiger partial charge < -0.3 is 9.52 Å². The molecular weight excluding hydrogens is 380 g/mol. The van der Waals surface area contributed by atoms with Gasteiger partial charge in [-0.3, -0.25) is 20.2 Å². The topological polar surface area (TPSA) is 106 Å². The fourth-order valence-electron chi connectivity index (χ4n) is 2.25. The Morgan fingerprint density at radius 2 is 2.08 bits per heavy atom. The van der Waals surface area contributed by atoms with Gasteiger partial charge in [0.1, 0.15) is 17.6 Å². The van der Waals surface area contributed by atoms with Crippen LogP contribution in [0.25, 0.3) is 11.3 Å². The number of nitro benzene ring substituents is 1. The average molecular weight is 397 g/mol. The van der Waals surface area contributed by atoms with Gasteiger partial charge in [-0.25, -0.2) is 0 Å². The molecule has 7 nitrogen and oxygen atoms in total. The second-order valence-corrected chi connectivity index (χ2v) is 6.48. The maximum Gasteiger partial charge on any atom is 0.320 e. The Kier molecular flexibility index (Phi) is 5.74. The highest BCUT2D eigenvalue weighted by Gasteiger charge is 2.21. The Morgan fingerprint density at radius 1 is 1.38 bits per heavy atom. The number of hydrogen-bond donors (Lipinski definition) is 2. The highest BCUT2D eigenvalue weighted by atomic mass is 79.9. The van der Waals surface area contributed by atoms with Crippen LogP contribution in [0.1, 0.15) is 19.6 Å². The molecule has 1 aromatic heterocycles. The predicted octanol–water partition coefficient (Wildman–Crippen LogP) is 3.82. The molecule has 1 aromatic carbocycles. The first-order valence-corrected chi connectivity index (χ1v) is 8.08. The van der Waals surface area contributed by atoms with Gasteiger partial charge >= 0.3 is 5.97 Å². The van der Waals surface area contributed by atoms with Crippen LogP contribution < -0.4 is 5.32 Å². The van der Waals surface area contributed by atoms with Crippen molar-refractivity contribution in [2.45, 2.75) is 26.4 Å². The SMILES string of the molecule is CC(C)[C@@H](NCc1ccc(-c2ccc([N+](=O)[O-])cc2Br)o1)C(=O)O. The molecule has 2 rings (SSSR count). The fourth-order valence-corrected chi connectivity index (χ4v) is 2.82. The third kappa shape index (κ3) is 4.21. The maximum absolute atomic E-state index is 11.2. The number of benzene rings is 1. The van der Waals surface area contributed by atoms with Crippen LogP contribution in [0.5, 0.6) is 0 Å². The van der Waals surface area contributed by atoms with E-state index in [4.69, 9.17) is 9.52 Å². The standard InChI is InChI=1S/C16H17BrN2O5/c1-9(2)15(16(20)21)18-8-11-4-6-14(24-11)12-5-3-10(19(22)23)7-13(12)17/h3-7,9,15,18H,8H2,1-2H3,(H,20,21)/t15-/m1/s1. The minimum atomic E-state index is -0.908. The number of nitro groups is 1. The van der Waals surface area contributed by atoms with Crippen LogP contribution >= 0.6 is 15.9 Å². The highest BCUT2D eigenvalue weighted by molar-refractivity contribution is 9.10. The normalized spacial score (nSPS) is 12.3. The lowest BCUT2D eigenvalue weighted by atomic mass is 10.1. The summed E-state index contributed by atoms with van der Waals surface area (Å²) in [6.45, 7) is 3.93. The van der Waals surface area contributed by atoms with Gasteiger partial charge in [0.15, 0.2) is 0 Å². The molecule has 0 bridgehead atoms. The first-order chi connectivity index (χ1) is 11.3. The van der Waals surface area contributed by atoms with Gasteiger partial charge in [-0.15, -0.1) is 0 Å². The highest BCUT2D eigenvalue weighted by Crippen LogP contribution is 2.32. The lowest BCUT2D eigenvalue weighted by Crippen LogP contribution is -2.40. The quantitative estimate of drug-likeness (QED) is 0.544. The van der Waals surface area contributed by atoms with Crippen LogP contribution in [0, 0.1) is 16.0 Å². The van der Waals surface area contributed by atoms with Crippen LogP contribution in [0.4, 0.5) is 5.69 Å². The number of hydrogen-bond acceptors (Lipinski definition) is 5. The number of nitrogens with one attached hydrogen (secondary N) is 1. The van der Waals surface area contributed by atoms with Gasteiger partial charge in [0.25, 0.3) is 5.69 Å². The number of aliphatic carboxylic acids is 1. The van der Waals surface area contributed by atoms with E-state index in [0.29, 0.717) is 21.6 Å². The smallest absolute Gasteiger partial charge is 0.320 e. The Balaban J connectivity index is 2.13. The summed E-state index contributed by atoms with van der Waals surface area (Å²) in [6, 6.07) is 7.25. The molecule has 0 saturated heterocycles. The molecule has 2 N–H and O–H groups in total. The molecule has 0 aliphatic heterocycles. The summed E-state index contributed by atoms with van der Waals surface area (Å²) in [5.74, 6) is 0.169. The van der Waals surface area contributed by atoms with Crippen LogP contribution in [0.3, 0.4) is 0 Å². The molecule has 2 aromatic rings. The molecule has 1 heterocycles. The summed E-state index contributed by atoms with van der Waals surface area (Å²) in [5.41, 5.74) is 0.672. The van der Waals surface area contributed by atoms with Crippen molar-refractivity contribution < 1.29 is 19.2 Å². The summed E-state index contributed by atoms with van der Waals surface area (Å²) in [6.07, 6.45) is 0. The van der Waals surface area contributed by atoms with Crippen molar-refractivity contribution in [3.63, 3.8) is 0 Å². The monoisotopic (exact) mass is 396 g/mol. The summed E-state index contributed by atoms with van der Waals surface area (Å²) in [4.78, 5) is 21.5. The zero-order valence-corrected chi connectivity index (χ0v) is 14.7. The lowest BCUT2D eigenvalue weighted by Gasteiger charge is -2.16. The molecule has 0 amide bonds. The van der Waals surface area contributed by atoms with Crippen molar-refractivity contribution in [3.05, 3.63) is 50.7 Å². The van der Waals surface area contributed by atoms with E-state index in [0.717, 1.165) is 0 Å². The van der Waals surface area contributed by atoms with Crippen molar-refractivity contribution in [2.24, 2.45) is 5.92 Å². The van der Waals surface area contributed by atoms with E-state index >= 15 is 0 Å². The second kappa shape index (κ2) is 7.59. The van der Waals surface area contributed by atoms with E-state index in [1.807, 2.05) is 13.8 Å². The molecule has 24 heavy (non-hydrogen) atoms. The van der Waals surface area contributed by atoms with E-state index < -0.39 is 16.9 Å². The van der Waals surface area contributed by atoms with Crippen molar-refractivity contribution in [1.82, 2.24) is 5.32 Å². The van der Waals surface area contributed by atoms with E-state index in [1.54, 1.807) is 18.2 Å². The van der Waals surface area contributed by atoms with Crippen molar-refractivity contribution in [3.8, 4) is 11.3 Å². The first kappa shape index (κ1) is 18.2. The average Bonchev–Trinajstić information content (AvgIpc) is 2.95. The van der Waals surface area contributed by atoms with Gasteiger partial charge in [-0.05, 0) is 40.0 Å². The molecule has 1 atom stereocenters. The van der Waals surface area contributed by atoms with Gasteiger partial charge in [-0.2, -0.15) is 0 Å². The molecule has 0 aliphatic rings. The third-order valence-corrected chi connectivity index (χ3v) is 4.18. The van der Waals surface area contributed by atoms with E-state index in [1.165, 1.54) is 12.1 Å². The largest absolute Gasteiger partial charge is 0.480 e. The fraction of sp³-hybridized carbons (Fsp3) is 0.312. The minimum Gasteiger partial charge on any atom is -0.480 e. The van der Waals surface area contributed by atoms with Crippen LogP contribution in [-0.2, 0) is 11.3 Å². The number of carboxylic acid groups (broad SMARTS) is 1. The van der Waals surface area contributed by atoms with E-state index in [-0.39, 0.29) is 18.2 Å². The van der Waals surface area contributed by atoms with Crippen molar-refractivity contribution >= 4 is 27.6 Å². The lowest BCUT2D eigenvalue weighted by molar-refractivity contribution is -0.384. The first-order valence-electron chi connectivity index (χ1n) is 7.28. The van der Waals surface area contributed by atoms with Gasteiger partial charge in [0, 0.05) is 22.2 Å². The molecule has 0 radical (unpaired) electrons. The number of carboxylic acids is 1. The van der Waals surface area contributed by atoms with Gasteiger partial charge in [0.2, 0.25) is 0 Å². The molecule has 0 spiro atoms. The Morgan fingerprint density at radius 3 is 2.62 bits per heavy atom. The number of non-ortho nitro benzene ring substituents is 1. The van der Waals surface area contributed by atoms with E-state index in [9.17, 15) is 14.9 Å². The number of furan rings is 1. The predicted molar refractivity (Wildman–Crippen MR) is 91.6 cm³/mol. The number of halogens is 1. The molecule has 0 unspecified atom stereocenters. The summed E-state index contributed by atoms with van der Waals surface area (Å²) in [5, 5.41) is 22.9. The Labute approximate surface area is 146 Å². The number of nitrogens with zero attached hydrogens (tertiary/aromatic N) is 1. The molecule has 0 saturated carbocycles. The number of carbonyl (C=O) groups is 1. The van der Waals surface area contributed by atoms with Crippen LogP contribution in [-0.4, -0.2) is 22.0 Å². The number of rotatable bonds is 7. The zero-order chi connectivity index (χ0) is 17.9. The molecular formula is C16H17BrN2O5. The molecule has 8 heteroatoms.